The van der Waals surface area contributed by atoms with Gasteiger partial charge in [-0.15, -0.1) is 0 Å². The highest BCUT2D eigenvalue weighted by Gasteiger charge is 2.13. The average molecular weight is 295 g/mol. The van der Waals surface area contributed by atoms with Gasteiger partial charge in [-0.1, -0.05) is 25.1 Å². The number of rotatable bonds is 7. The monoisotopic (exact) mass is 295 g/mol. The van der Waals surface area contributed by atoms with Crippen LogP contribution in [0.1, 0.15) is 19.0 Å². The maximum atomic E-state index is 11.8. The smallest absolute Gasteiger partial charge is 0.152 e. The number of hydrogen-bond donors (Lipinski definition) is 1. The molecule has 1 aromatic carbocycles. The SMILES string of the molecule is CCCS(=O)(=O)CCn1nc(CNC)c2ccccc21. The van der Waals surface area contributed by atoms with Gasteiger partial charge in [-0.3, -0.25) is 4.68 Å². The fourth-order valence-corrected chi connectivity index (χ4v) is 3.58. The summed E-state index contributed by atoms with van der Waals surface area (Å²) >= 11 is 0. The Bertz CT molecular complexity index is 677. The highest BCUT2D eigenvalue weighted by molar-refractivity contribution is 7.91. The minimum absolute atomic E-state index is 0.144. The van der Waals surface area contributed by atoms with Gasteiger partial charge in [0.15, 0.2) is 9.84 Å². The summed E-state index contributed by atoms with van der Waals surface area (Å²) in [6.45, 7) is 2.97. The van der Waals surface area contributed by atoms with Crippen LogP contribution in [0.2, 0.25) is 0 Å². The Kier molecular flexibility index (Phi) is 4.77. The third-order valence-electron chi connectivity index (χ3n) is 3.21. The van der Waals surface area contributed by atoms with Gasteiger partial charge in [-0.25, -0.2) is 8.42 Å². The molecule has 0 aliphatic heterocycles. The van der Waals surface area contributed by atoms with Crippen LogP contribution < -0.4 is 5.32 Å². The molecule has 0 fully saturated rings. The lowest BCUT2D eigenvalue weighted by Gasteiger charge is -2.04. The fraction of sp³-hybridized carbons (Fsp3) is 0.500. The summed E-state index contributed by atoms with van der Waals surface area (Å²) in [6.07, 6.45) is 0.660. The molecule has 0 spiro atoms. The van der Waals surface area contributed by atoms with E-state index in [-0.39, 0.29) is 11.5 Å². The van der Waals surface area contributed by atoms with Crippen molar-refractivity contribution in [1.29, 1.82) is 0 Å². The molecule has 0 aliphatic rings. The van der Waals surface area contributed by atoms with Crippen LogP contribution in [-0.2, 0) is 22.9 Å². The van der Waals surface area contributed by atoms with Crippen molar-refractivity contribution in [2.45, 2.75) is 26.4 Å². The molecule has 0 amide bonds. The molecule has 2 rings (SSSR count). The lowest BCUT2D eigenvalue weighted by molar-refractivity contribution is 0.580. The summed E-state index contributed by atoms with van der Waals surface area (Å²) in [5.41, 5.74) is 1.94. The number of aryl methyl sites for hydroxylation is 1. The Labute approximate surface area is 119 Å². The largest absolute Gasteiger partial charge is 0.314 e. The summed E-state index contributed by atoms with van der Waals surface area (Å²) in [7, 11) is -1.10. The van der Waals surface area contributed by atoms with Crippen molar-refractivity contribution in [3.8, 4) is 0 Å². The van der Waals surface area contributed by atoms with Crippen LogP contribution in [-0.4, -0.2) is 36.8 Å². The minimum Gasteiger partial charge on any atom is -0.314 e. The van der Waals surface area contributed by atoms with E-state index < -0.39 is 9.84 Å². The first-order valence-electron chi connectivity index (χ1n) is 6.87. The number of hydrogen-bond acceptors (Lipinski definition) is 4. The number of benzene rings is 1. The Hall–Kier alpha value is -1.40. The van der Waals surface area contributed by atoms with Gasteiger partial charge >= 0.3 is 0 Å². The van der Waals surface area contributed by atoms with E-state index in [9.17, 15) is 8.42 Å². The number of aromatic nitrogens is 2. The molecule has 0 bridgehead atoms. The van der Waals surface area contributed by atoms with Crippen molar-refractivity contribution in [2.75, 3.05) is 18.6 Å². The standard InChI is InChI=1S/C14H21N3O2S/c1-3-9-20(18,19)10-8-17-14-7-5-4-6-12(14)13(16-17)11-15-2/h4-7,15H,3,8-11H2,1-2H3. The zero-order chi connectivity index (χ0) is 14.6. The lowest BCUT2D eigenvalue weighted by Crippen LogP contribution is -2.16. The van der Waals surface area contributed by atoms with Crippen molar-refractivity contribution in [3.05, 3.63) is 30.0 Å². The van der Waals surface area contributed by atoms with E-state index in [4.69, 9.17) is 0 Å². The second kappa shape index (κ2) is 6.37. The van der Waals surface area contributed by atoms with Crippen molar-refractivity contribution in [3.63, 3.8) is 0 Å². The molecule has 5 nitrogen and oxygen atoms in total. The van der Waals surface area contributed by atoms with E-state index in [1.54, 1.807) is 4.68 Å². The molecule has 1 aromatic heterocycles. The van der Waals surface area contributed by atoms with Crippen LogP contribution in [0.4, 0.5) is 0 Å². The molecule has 1 N–H and O–H groups in total. The van der Waals surface area contributed by atoms with Gasteiger partial charge in [0.25, 0.3) is 0 Å². The quantitative estimate of drug-likeness (QED) is 0.842. The van der Waals surface area contributed by atoms with Crippen molar-refractivity contribution in [1.82, 2.24) is 15.1 Å². The van der Waals surface area contributed by atoms with Crippen molar-refractivity contribution in [2.24, 2.45) is 0 Å². The summed E-state index contributed by atoms with van der Waals surface area (Å²) in [4.78, 5) is 0. The summed E-state index contributed by atoms with van der Waals surface area (Å²) in [5.74, 6) is 0.390. The molecule has 0 unspecified atom stereocenters. The zero-order valence-electron chi connectivity index (χ0n) is 12.0. The first kappa shape index (κ1) is 15.0. The van der Waals surface area contributed by atoms with E-state index in [1.807, 2.05) is 38.2 Å². The normalized spacial score (nSPS) is 12.1. The van der Waals surface area contributed by atoms with E-state index in [1.165, 1.54) is 0 Å². The lowest BCUT2D eigenvalue weighted by atomic mass is 10.2. The molecule has 0 saturated carbocycles. The first-order valence-corrected chi connectivity index (χ1v) is 8.69. The first-order chi connectivity index (χ1) is 9.57. The molecule has 110 valence electrons. The van der Waals surface area contributed by atoms with Crippen molar-refractivity contribution >= 4 is 20.7 Å². The van der Waals surface area contributed by atoms with Gasteiger partial charge < -0.3 is 5.32 Å². The van der Waals surface area contributed by atoms with E-state index in [2.05, 4.69) is 10.4 Å². The molecular weight excluding hydrogens is 274 g/mol. The molecule has 6 heteroatoms. The highest BCUT2D eigenvalue weighted by Crippen LogP contribution is 2.18. The van der Waals surface area contributed by atoms with Gasteiger partial charge in [0, 0.05) is 17.7 Å². The highest BCUT2D eigenvalue weighted by atomic mass is 32.2. The van der Waals surface area contributed by atoms with Crippen LogP contribution in [0.5, 0.6) is 0 Å². The molecule has 0 atom stereocenters. The summed E-state index contributed by atoms with van der Waals surface area (Å²) in [5, 5.41) is 8.70. The van der Waals surface area contributed by atoms with Crippen LogP contribution >= 0.6 is 0 Å². The van der Waals surface area contributed by atoms with Crippen molar-refractivity contribution < 1.29 is 8.42 Å². The molecule has 2 aromatic rings. The molecule has 0 aliphatic carbocycles. The Morgan fingerprint density at radius 2 is 2.00 bits per heavy atom. The number of para-hydroxylation sites is 1. The van der Waals surface area contributed by atoms with Gasteiger partial charge in [-0.2, -0.15) is 5.10 Å². The molecule has 0 saturated heterocycles. The number of fused-ring (bicyclic) bond motifs is 1. The van der Waals surface area contributed by atoms with E-state index in [0.717, 1.165) is 16.6 Å². The maximum absolute atomic E-state index is 11.8. The second-order valence-electron chi connectivity index (χ2n) is 4.87. The van der Waals surface area contributed by atoms with Crippen LogP contribution in [0.25, 0.3) is 10.9 Å². The molecule has 0 radical (unpaired) electrons. The van der Waals surface area contributed by atoms with Crippen LogP contribution in [0, 0.1) is 0 Å². The average Bonchev–Trinajstić information content (AvgIpc) is 2.76. The molecular formula is C14H21N3O2S. The number of nitrogens with one attached hydrogen (secondary N) is 1. The molecule has 20 heavy (non-hydrogen) atoms. The van der Waals surface area contributed by atoms with E-state index in [0.29, 0.717) is 19.5 Å². The number of nitrogens with zero attached hydrogens (tertiary/aromatic N) is 2. The Balaban J connectivity index is 2.26. The molecule has 1 heterocycles. The van der Waals surface area contributed by atoms with Crippen LogP contribution in [0.15, 0.2) is 24.3 Å². The predicted molar refractivity (Wildman–Crippen MR) is 81.4 cm³/mol. The van der Waals surface area contributed by atoms with Crippen LogP contribution in [0.3, 0.4) is 0 Å². The van der Waals surface area contributed by atoms with E-state index >= 15 is 0 Å². The van der Waals surface area contributed by atoms with Gasteiger partial charge in [0.2, 0.25) is 0 Å². The van der Waals surface area contributed by atoms with Gasteiger partial charge in [0.05, 0.1) is 23.5 Å². The van der Waals surface area contributed by atoms with Gasteiger partial charge in [0.1, 0.15) is 0 Å². The predicted octanol–water partition coefficient (Wildman–Crippen LogP) is 1.58. The number of sulfone groups is 1. The summed E-state index contributed by atoms with van der Waals surface area (Å²) < 4.78 is 25.4. The second-order valence-corrected chi connectivity index (χ2v) is 7.17. The maximum Gasteiger partial charge on any atom is 0.152 e. The third kappa shape index (κ3) is 3.37. The minimum atomic E-state index is -2.98. The zero-order valence-corrected chi connectivity index (χ0v) is 12.8. The van der Waals surface area contributed by atoms with Gasteiger partial charge in [-0.05, 0) is 19.5 Å². The summed E-state index contributed by atoms with van der Waals surface area (Å²) in [6, 6.07) is 7.92. The Morgan fingerprint density at radius 1 is 1.25 bits per heavy atom. The third-order valence-corrected chi connectivity index (χ3v) is 5.04. The Morgan fingerprint density at radius 3 is 2.70 bits per heavy atom. The fourth-order valence-electron chi connectivity index (χ4n) is 2.30. The topological polar surface area (TPSA) is 64.0 Å².